The van der Waals surface area contributed by atoms with Gasteiger partial charge in [0.1, 0.15) is 0 Å². The number of hydrogen-bond donors (Lipinski definition) is 1. The van der Waals surface area contributed by atoms with Crippen molar-refractivity contribution in [3.05, 3.63) is 83.9 Å². The molecular formula is C21H16F3NO2S. The summed E-state index contributed by atoms with van der Waals surface area (Å²) >= 11 is 0. The van der Waals surface area contributed by atoms with Gasteiger partial charge in [0.05, 0.1) is 5.56 Å². The van der Waals surface area contributed by atoms with E-state index in [0.717, 1.165) is 6.07 Å². The first kappa shape index (κ1) is 19.8. The lowest BCUT2D eigenvalue weighted by molar-refractivity contribution is -0.137. The molecular weight excluding hydrogens is 387 g/mol. The van der Waals surface area contributed by atoms with Crippen molar-refractivity contribution in [2.24, 2.45) is 0 Å². The Labute approximate surface area is 162 Å². The molecule has 0 heterocycles. The van der Waals surface area contributed by atoms with Gasteiger partial charge in [0, 0.05) is 33.2 Å². The second-order valence-electron chi connectivity index (χ2n) is 6.06. The van der Waals surface area contributed by atoms with E-state index in [2.05, 4.69) is 5.32 Å². The SMILES string of the molecule is CS(=O)c1ccc(C(=O)Nc2ccc(-c3ccccc3)c(C(F)(F)F)c2)cc1. The molecule has 0 bridgehead atoms. The molecule has 0 fully saturated rings. The van der Waals surface area contributed by atoms with E-state index in [4.69, 9.17) is 0 Å². The van der Waals surface area contributed by atoms with E-state index in [1.807, 2.05) is 0 Å². The first-order valence-electron chi connectivity index (χ1n) is 8.27. The fraction of sp³-hybridized carbons (Fsp3) is 0.0952. The highest BCUT2D eigenvalue weighted by Gasteiger charge is 2.34. The third-order valence-corrected chi connectivity index (χ3v) is 5.05. The number of amides is 1. The van der Waals surface area contributed by atoms with Crippen LogP contribution in [0.25, 0.3) is 11.1 Å². The molecule has 0 aliphatic carbocycles. The zero-order valence-corrected chi connectivity index (χ0v) is 15.6. The summed E-state index contributed by atoms with van der Waals surface area (Å²) in [6.45, 7) is 0. The predicted octanol–water partition coefficient (Wildman–Crippen LogP) is 5.36. The highest BCUT2D eigenvalue weighted by Crippen LogP contribution is 2.38. The van der Waals surface area contributed by atoms with Gasteiger partial charge in [-0.3, -0.25) is 9.00 Å². The second kappa shape index (κ2) is 7.98. The minimum Gasteiger partial charge on any atom is -0.322 e. The van der Waals surface area contributed by atoms with Crippen LogP contribution in [0.4, 0.5) is 18.9 Å². The molecule has 0 saturated heterocycles. The van der Waals surface area contributed by atoms with E-state index in [-0.39, 0.29) is 16.8 Å². The summed E-state index contributed by atoms with van der Waals surface area (Å²) in [4.78, 5) is 12.9. The fourth-order valence-corrected chi connectivity index (χ4v) is 3.25. The quantitative estimate of drug-likeness (QED) is 0.637. The Balaban J connectivity index is 1.90. The molecule has 144 valence electrons. The maximum atomic E-state index is 13.6. The molecule has 0 aliphatic rings. The van der Waals surface area contributed by atoms with Crippen molar-refractivity contribution in [1.29, 1.82) is 0 Å². The third kappa shape index (κ3) is 4.48. The summed E-state index contributed by atoms with van der Waals surface area (Å²) in [6, 6.07) is 18.0. The number of benzene rings is 3. The van der Waals surface area contributed by atoms with E-state index in [1.54, 1.807) is 42.5 Å². The monoisotopic (exact) mass is 403 g/mol. The van der Waals surface area contributed by atoms with Crippen LogP contribution in [0.1, 0.15) is 15.9 Å². The topological polar surface area (TPSA) is 46.2 Å². The van der Waals surface area contributed by atoms with Crippen LogP contribution in [-0.2, 0) is 17.0 Å². The van der Waals surface area contributed by atoms with E-state index >= 15 is 0 Å². The number of halogens is 3. The number of hydrogen-bond acceptors (Lipinski definition) is 2. The Bertz CT molecular complexity index is 1020. The Kier molecular flexibility index (Phi) is 5.65. The highest BCUT2D eigenvalue weighted by molar-refractivity contribution is 7.84. The Morgan fingerprint density at radius 3 is 2.14 bits per heavy atom. The molecule has 0 saturated carbocycles. The van der Waals surface area contributed by atoms with Crippen molar-refractivity contribution in [1.82, 2.24) is 0 Å². The van der Waals surface area contributed by atoms with Crippen molar-refractivity contribution in [3.63, 3.8) is 0 Å². The number of carbonyl (C=O) groups excluding carboxylic acids is 1. The largest absolute Gasteiger partial charge is 0.417 e. The van der Waals surface area contributed by atoms with Crippen molar-refractivity contribution in [3.8, 4) is 11.1 Å². The van der Waals surface area contributed by atoms with E-state index in [0.29, 0.717) is 10.5 Å². The average Bonchev–Trinajstić information content (AvgIpc) is 2.68. The minimum absolute atomic E-state index is 0.0418. The van der Waals surface area contributed by atoms with Gasteiger partial charge in [-0.05, 0) is 47.5 Å². The maximum Gasteiger partial charge on any atom is 0.417 e. The molecule has 1 N–H and O–H groups in total. The number of alkyl halides is 3. The highest BCUT2D eigenvalue weighted by atomic mass is 32.2. The molecule has 3 aromatic rings. The molecule has 0 spiro atoms. The molecule has 0 aliphatic heterocycles. The molecule has 28 heavy (non-hydrogen) atoms. The second-order valence-corrected chi connectivity index (χ2v) is 7.44. The van der Waals surface area contributed by atoms with Gasteiger partial charge in [-0.15, -0.1) is 0 Å². The van der Waals surface area contributed by atoms with Crippen LogP contribution < -0.4 is 5.32 Å². The summed E-state index contributed by atoms with van der Waals surface area (Å²) in [6.07, 6.45) is -3.05. The van der Waals surface area contributed by atoms with Crippen LogP contribution in [0.15, 0.2) is 77.7 Å². The molecule has 3 nitrogen and oxygen atoms in total. The lowest BCUT2D eigenvalue weighted by Crippen LogP contribution is -2.14. The number of rotatable bonds is 4. The van der Waals surface area contributed by atoms with E-state index in [1.165, 1.54) is 30.5 Å². The van der Waals surface area contributed by atoms with Gasteiger partial charge in [-0.2, -0.15) is 13.2 Å². The van der Waals surface area contributed by atoms with Gasteiger partial charge in [0.25, 0.3) is 5.91 Å². The maximum absolute atomic E-state index is 13.6. The first-order chi connectivity index (χ1) is 13.3. The van der Waals surface area contributed by atoms with Crippen LogP contribution in [0, 0.1) is 0 Å². The summed E-state index contributed by atoms with van der Waals surface area (Å²) < 4.78 is 52.1. The number of carbonyl (C=O) groups is 1. The van der Waals surface area contributed by atoms with Gasteiger partial charge in [-0.1, -0.05) is 36.4 Å². The zero-order chi connectivity index (χ0) is 20.3. The van der Waals surface area contributed by atoms with Gasteiger partial charge in [0.2, 0.25) is 0 Å². The van der Waals surface area contributed by atoms with Crippen LogP contribution in [0.5, 0.6) is 0 Å². The summed E-state index contributed by atoms with van der Waals surface area (Å²) in [5.41, 5.74) is -0.0417. The van der Waals surface area contributed by atoms with Crippen molar-refractivity contribution in [2.75, 3.05) is 11.6 Å². The van der Waals surface area contributed by atoms with Crippen LogP contribution in [-0.4, -0.2) is 16.4 Å². The summed E-state index contributed by atoms with van der Waals surface area (Å²) in [5.74, 6) is -0.547. The lowest BCUT2D eigenvalue weighted by Gasteiger charge is -2.15. The van der Waals surface area contributed by atoms with E-state index < -0.39 is 28.4 Å². The van der Waals surface area contributed by atoms with Gasteiger partial charge < -0.3 is 5.32 Å². The number of nitrogens with one attached hydrogen (secondary N) is 1. The normalized spacial score (nSPS) is 12.4. The van der Waals surface area contributed by atoms with Crippen LogP contribution in [0.2, 0.25) is 0 Å². The summed E-state index contributed by atoms with van der Waals surface area (Å²) in [7, 11) is -1.18. The Morgan fingerprint density at radius 2 is 1.57 bits per heavy atom. The van der Waals surface area contributed by atoms with Crippen molar-refractivity contribution in [2.45, 2.75) is 11.1 Å². The molecule has 0 aromatic heterocycles. The predicted molar refractivity (Wildman–Crippen MR) is 104 cm³/mol. The minimum atomic E-state index is -4.57. The molecule has 1 amide bonds. The van der Waals surface area contributed by atoms with Gasteiger partial charge in [-0.25, -0.2) is 0 Å². The molecule has 0 radical (unpaired) electrons. The molecule has 1 unspecified atom stereocenters. The molecule has 7 heteroatoms. The van der Waals surface area contributed by atoms with Gasteiger partial charge in [0.15, 0.2) is 0 Å². The fourth-order valence-electron chi connectivity index (χ4n) is 2.73. The lowest BCUT2D eigenvalue weighted by atomic mass is 9.98. The molecule has 3 rings (SSSR count). The first-order valence-corrected chi connectivity index (χ1v) is 9.83. The van der Waals surface area contributed by atoms with Crippen molar-refractivity contribution < 1.29 is 22.2 Å². The Hall–Kier alpha value is -2.93. The molecule has 1 atom stereocenters. The standard InChI is InChI=1S/C21H16F3NO2S/c1-28(27)17-10-7-15(8-11-17)20(26)25-16-9-12-18(14-5-3-2-4-6-14)19(13-16)21(22,23)24/h2-13H,1H3,(H,25,26). The third-order valence-electron chi connectivity index (χ3n) is 4.12. The summed E-state index contributed by atoms with van der Waals surface area (Å²) in [5, 5.41) is 2.48. The smallest absolute Gasteiger partial charge is 0.322 e. The van der Waals surface area contributed by atoms with Crippen molar-refractivity contribution >= 4 is 22.4 Å². The average molecular weight is 403 g/mol. The van der Waals surface area contributed by atoms with Crippen LogP contribution in [0.3, 0.4) is 0 Å². The molecule has 3 aromatic carbocycles. The van der Waals surface area contributed by atoms with Gasteiger partial charge >= 0.3 is 6.18 Å². The van der Waals surface area contributed by atoms with Crippen LogP contribution >= 0.6 is 0 Å². The van der Waals surface area contributed by atoms with E-state index in [9.17, 15) is 22.2 Å². The Morgan fingerprint density at radius 1 is 0.929 bits per heavy atom. The number of anilines is 1. The zero-order valence-electron chi connectivity index (χ0n) is 14.8.